The maximum atomic E-state index is 12.3. The zero-order chi connectivity index (χ0) is 17.2. The molecule has 1 atom stereocenters. The lowest BCUT2D eigenvalue weighted by atomic mass is 10.1. The third-order valence-electron chi connectivity index (χ3n) is 4.74. The van der Waals surface area contributed by atoms with Crippen molar-refractivity contribution in [2.24, 2.45) is 0 Å². The van der Waals surface area contributed by atoms with E-state index in [2.05, 4.69) is 27.1 Å². The van der Waals surface area contributed by atoms with E-state index < -0.39 is 0 Å². The average Bonchev–Trinajstić information content (AvgIpc) is 3.27. The number of carbonyl (C=O) groups excluding carboxylic acids is 1. The number of hydrogen-bond acceptors (Lipinski definition) is 5. The summed E-state index contributed by atoms with van der Waals surface area (Å²) in [6, 6.07) is 8.32. The van der Waals surface area contributed by atoms with E-state index in [9.17, 15) is 4.79 Å². The molecule has 0 unspecified atom stereocenters. The van der Waals surface area contributed by atoms with E-state index in [4.69, 9.17) is 4.42 Å². The smallest absolute Gasteiger partial charge is 0.239 e. The van der Waals surface area contributed by atoms with E-state index in [1.165, 1.54) is 6.39 Å². The second kappa shape index (κ2) is 6.64. The highest BCUT2D eigenvalue weighted by atomic mass is 16.3. The Labute approximate surface area is 145 Å². The molecule has 3 aromatic rings. The molecular weight excluding hydrogens is 316 g/mol. The summed E-state index contributed by atoms with van der Waals surface area (Å²) < 4.78 is 5.35. The molecule has 3 heterocycles. The number of rotatable bonds is 4. The zero-order valence-corrected chi connectivity index (χ0v) is 14.1. The van der Waals surface area contributed by atoms with Crippen molar-refractivity contribution in [2.75, 3.05) is 18.4 Å². The Hall–Kier alpha value is -2.73. The number of benzene rings is 1. The summed E-state index contributed by atoms with van der Waals surface area (Å²) in [6.45, 7) is 3.57. The highest BCUT2D eigenvalue weighted by molar-refractivity contribution is 5.94. The van der Waals surface area contributed by atoms with Gasteiger partial charge in [-0.05, 0) is 43.8 Å². The minimum Gasteiger partial charge on any atom is -0.444 e. The summed E-state index contributed by atoms with van der Waals surface area (Å²) in [5.74, 6) is 1.26. The molecule has 25 heavy (non-hydrogen) atoms. The monoisotopic (exact) mass is 336 g/mol. The first kappa shape index (κ1) is 15.8. The third kappa shape index (κ3) is 3.39. The molecule has 0 spiro atoms. The third-order valence-corrected chi connectivity index (χ3v) is 4.74. The molecule has 128 valence electrons. The second-order valence-electron chi connectivity index (χ2n) is 6.51. The maximum Gasteiger partial charge on any atom is 0.239 e. The van der Waals surface area contributed by atoms with Crippen LogP contribution in [0.25, 0.3) is 22.1 Å². The lowest BCUT2D eigenvalue weighted by Crippen LogP contribution is -2.35. The Morgan fingerprint density at radius 1 is 1.32 bits per heavy atom. The van der Waals surface area contributed by atoms with Crippen molar-refractivity contribution in [3.63, 3.8) is 0 Å². The molecule has 1 fully saturated rings. The minimum atomic E-state index is -0.0213. The summed E-state index contributed by atoms with van der Waals surface area (Å²) in [5, 5.41) is 4.91. The Kier molecular flexibility index (Phi) is 4.19. The molecule has 1 aromatic carbocycles. The number of hydrogen-bond donors (Lipinski definition) is 1. The highest BCUT2D eigenvalue weighted by Gasteiger charge is 2.22. The number of likely N-dealkylation sites (tertiary alicyclic amines) is 1. The SMILES string of the molecule is C[C@@H]1CCCN1CC(=O)Nc1cc2cc(-c3cnco3)ccc2cn1. The van der Waals surface area contributed by atoms with Crippen LogP contribution in [0.1, 0.15) is 19.8 Å². The summed E-state index contributed by atoms with van der Waals surface area (Å²) in [7, 11) is 0. The van der Waals surface area contributed by atoms with Gasteiger partial charge in [0.25, 0.3) is 0 Å². The molecule has 1 amide bonds. The summed E-state index contributed by atoms with van der Waals surface area (Å²) in [5.41, 5.74) is 0.944. The van der Waals surface area contributed by atoms with Crippen LogP contribution in [0, 0.1) is 0 Å². The number of fused-ring (bicyclic) bond motifs is 1. The fourth-order valence-electron chi connectivity index (χ4n) is 3.32. The molecular formula is C19H20N4O2. The number of carbonyl (C=O) groups is 1. The van der Waals surface area contributed by atoms with Gasteiger partial charge in [-0.3, -0.25) is 9.69 Å². The number of pyridine rings is 1. The van der Waals surface area contributed by atoms with Gasteiger partial charge in [-0.2, -0.15) is 0 Å². The molecule has 1 N–H and O–H groups in total. The normalized spacial score (nSPS) is 17.9. The Morgan fingerprint density at radius 3 is 3.00 bits per heavy atom. The van der Waals surface area contributed by atoms with Gasteiger partial charge in [0.15, 0.2) is 12.2 Å². The van der Waals surface area contributed by atoms with Crippen LogP contribution in [-0.2, 0) is 4.79 Å². The number of nitrogens with zero attached hydrogens (tertiary/aromatic N) is 3. The second-order valence-corrected chi connectivity index (χ2v) is 6.51. The highest BCUT2D eigenvalue weighted by Crippen LogP contribution is 2.25. The van der Waals surface area contributed by atoms with Crippen molar-refractivity contribution in [1.82, 2.24) is 14.9 Å². The molecule has 1 aliphatic rings. The van der Waals surface area contributed by atoms with Crippen LogP contribution in [0.4, 0.5) is 5.82 Å². The number of amides is 1. The van der Waals surface area contributed by atoms with E-state index in [0.717, 1.165) is 35.7 Å². The predicted octanol–water partition coefficient (Wildman–Crippen LogP) is 3.31. The molecule has 2 aromatic heterocycles. The van der Waals surface area contributed by atoms with Crippen molar-refractivity contribution in [2.45, 2.75) is 25.8 Å². The van der Waals surface area contributed by atoms with Gasteiger partial charge < -0.3 is 9.73 Å². The molecule has 1 aliphatic heterocycles. The molecule has 6 nitrogen and oxygen atoms in total. The average molecular weight is 336 g/mol. The fraction of sp³-hybridized carbons (Fsp3) is 0.316. The number of anilines is 1. The van der Waals surface area contributed by atoms with E-state index in [1.54, 1.807) is 12.4 Å². The van der Waals surface area contributed by atoms with Gasteiger partial charge in [0, 0.05) is 23.2 Å². The molecule has 6 heteroatoms. The molecule has 0 aliphatic carbocycles. The van der Waals surface area contributed by atoms with E-state index in [1.807, 2.05) is 24.3 Å². The van der Waals surface area contributed by atoms with E-state index in [-0.39, 0.29) is 5.91 Å². The first-order chi connectivity index (χ1) is 12.2. The van der Waals surface area contributed by atoms with Crippen molar-refractivity contribution < 1.29 is 9.21 Å². The van der Waals surface area contributed by atoms with Gasteiger partial charge >= 0.3 is 0 Å². The number of nitrogens with one attached hydrogen (secondary N) is 1. The first-order valence-corrected chi connectivity index (χ1v) is 8.51. The zero-order valence-electron chi connectivity index (χ0n) is 14.1. The van der Waals surface area contributed by atoms with Crippen molar-refractivity contribution in [3.05, 3.63) is 43.1 Å². The van der Waals surface area contributed by atoms with Gasteiger partial charge in [0.2, 0.25) is 5.91 Å². The summed E-state index contributed by atoms with van der Waals surface area (Å²) >= 11 is 0. The van der Waals surface area contributed by atoms with Crippen LogP contribution >= 0.6 is 0 Å². The quantitative estimate of drug-likeness (QED) is 0.791. The summed E-state index contributed by atoms with van der Waals surface area (Å²) in [4.78, 5) is 22.8. The molecule has 4 rings (SSSR count). The minimum absolute atomic E-state index is 0.0213. The van der Waals surface area contributed by atoms with Crippen LogP contribution in [0.2, 0.25) is 0 Å². The molecule has 1 saturated heterocycles. The van der Waals surface area contributed by atoms with Crippen molar-refractivity contribution >= 4 is 22.5 Å². The lowest BCUT2D eigenvalue weighted by molar-refractivity contribution is -0.117. The molecule has 0 saturated carbocycles. The van der Waals surface area contributed by atoms with Crippen LogP contribution in [0.15, 0.2) is 47.5 Å². The predicted molar refractivity (Wildman–Crippen MR) is 96.1 cm³/mol. The van der Waals surface area contributed by atoms with Gasteiger partial charge in [-0.25, -0.2) is 9.97 Å². The lowest BCUT2D eigenvalue weighted by Gasteiger charge is -2.19. The topological polar surface area (TPSA) is 71.3 Å². The molecule has 0 bridgehead atoms. The van der Waals surface area contributed by atoms with Gasteiger partial charge in [0.05, 0.1) is 12.7 Å². The first-order valence-electron chi connectivity index (χ1n) is 8.51. The standard InChI is InChI=1S/C19H20N4O2/c1-13-3-2-6-23(13)11-19(24)22-18-8-16-7-14(17-10-20-12-25-17)4-5-15(16)9-21-18/h4-5,7-10,12-13H,2-3,6,11H2,1H3,(H,21,22,24)/t13-/m1/s1. The Balaban J connectivity index is 1.52. The van der Waals surface area contributed by atoms with Crippen molar-refractivity contribution in [1.29, 1.82) is 0 Å². The van der Waals surface area contributed by atoms with Gasteiger partial charge in [-0.1, -0.05) is 12.1 Å². The summed E-state index contributed by atoms with van der Waals surface area (Å²) in [6.07, 6.45) is 7.19. The fourth-order valence-corrected chi connectivity index (χ4v) is 3.32. The van der Waals surface area contributed by atoms with Crippen LogP contribution in [-0.4, -0.2) is 39.9 Å². The maximum absolute atomic E-state index is 12.3. The van der Waals surface area contributed by atoms with E-state index in [0.29, 0.717) is 24.2 Å². The Bertz CT molecular complexity index is 892. The number of aromatic nitrogens is 2. The van der Waals surface area contributed by atoms with Crippen LogP contribution in [0.5, 0.6) is 0 Å². The van der Waals surface area contributed by atoms with E-state index >= 15 is 0 Å². The van der Waals surface area contributed by atoms with Crippen LogP contribution in [0.3, 0.4) is 0 Å². The van der Waals surface area contributed by atoms with Crippen molar-refractivity contribution in [3.8, 4) is 11.3 Å². The molecule has 0 radical (unpaired) electrons. The largest absolute Gasteiger partial charge is 0.444 e. The Morgan fingerprint density at radius 2 is 2.24 bits per heavy atom. The van der Waals surface area contributed by atoms with Gasteiger partial charge in [-0.15, -0.1) is 0 Å². The van der Waals surface area contributed by atoms with Crippen LogP contribution < -0.4 is 5.32 Å². The number of oxazole rings is 1. The van der Waals surface area contributed by atoms with Gasteiger partial charge in [0.1, 0.15) is 5.82 Å².